The molecular formula is C21H31N3O4S. The van der Waals surface area contributed by atoms with Crippen molar-refractivity contribution in [1.29, 1.82) is 0 Å². The molecule has 1 atom stereocenters. The minimum atomic E-state index is -3.71. The van der Waals surface area contributed by atoms with Crippen molar-refractivity contribution in [1.82, 2.24) is 9.62 Å². The summed E-state index contributed by atoms with van der Waals surface area (Å²) < 4.78 is 27.9. The van der Waals surface area contributed by atoms with Crippen LogP contribution in [0.5, 0.6) is 0 Å². The Morgan fingerprint density at radius 1 is 1.21 bits per heavy atom. The highest BCUT2D eigenvalue weighted by atomic mass is 32.2. The van der Waals surface area contributed by atoms with E-state index in [2.05, 4.69) is 4.72 Å². The van der Waals surface area contributed by atoms with Crippen molar-refractivity contribution >= 4 is 27.5 Å². The molecule has 0 spiro atoms. The van der Waals surface area contributed by atoms with Crippen LogP contribution in [0.1, 0.15) is 57.9 Å². The third-order valence-corrected chi connectivity index (χ3v) is 7.52. The highest BCUT2D eigenvalue weighted by molar-refractivity contribution is 7.89. The molecule has 160 valence electrons. The van der Waals surface area contributed by atoms with Crippen molar-refractivity contribution in [2.24, 2.45) is 0 Å². The lowest BCUT2D eigenvalue weighted by Crippen LogP contribution is -2.39. The van der Waals surface area contributed by atoms with Gasteiger partial charge in [0.1, 0.15) is 0 Å². The quantitative estimate of drug-likeness (QED) is 0.764. The molecule has 7 nitrogen and oxygen atoms in total. The van der Waals surface area contributed by atoms with Crippen molar-refractivity contribution in [2.75, 3.05) is 18.5 Å². The fraction of sp³-hybridized carbons (Fsp3) is 0.619. The summed E-state index contributed by atoms with van der Waals surface area (Å²) in [6, 6.07) is 5.13. The first kappa shape index (κ1) is 21.8. The molecule has 1 aliphatic heterocycles. The van der Waals surface area contributed by atoms with Gasteiger partial charge in [0.25, 0.3) is 0 Å². The van der Waals surface area contributed by atoms with Crippen LogP contribution in [0.25, 0.3) is 0 Å². The maximum absolute atomic E-state index is 12.7. The van der Waals surface area contributed by atoms with E-state index in [0.717, 1.165) is 36.9 Å². The van der Waals surface area contributed by atoms with Gasteiger partial charge in [-0.2, -0.15) is 0 Å². The Bertz CT molecular complexity index is 878. The maximum Gasteiger partial charge on any atom is 0.240 e. The summed E-state index contributed by atoms with van der Waals surface area (Å²) in [4.78, 5) is 27.9. The van der Waals surface area contributed by atoms with Gasteiger partial charge in [-0.3, -0.25) is 9.59 Å². The van der Waals surface area contributed by atoms with Crippen molar-refractivity contribution in [2.45, 2.75) is 75.8 Å². The number of carbonyl (C=O) groups is 2. The van der Waals surface area contributed by atoms with Crippen LogP contribution in [0.4, 0.5) is 5.69 Å². The van der Waals surface area contributed by atoms with E-state index in [1.54, 1.807) is 21.9 Å². The number of benzene rings is 1. The molecule has 0 radical (unpaired) electrons. The molecule has 0 unspecified atom stereocenters. The van der Waals surface area contributed by atoms with Crippen molar-refractivity contribution in [3.8, 4) is 0 Å². The number of carbonyl (C=O) groups excluding carboxylic acids is 2. The lowest BCUT2D eigenvalue weighted by atomic mass is 9.94. The lowest BCUT2D eigenvalue weighted by molar-refractivity contribution is -0.132. The predicted octanol–water partition coefficient (Wildman–Crippen LogP) is 2.44. The molecule has 8 heteroatoms. The number of anilines is 1. The second-order valence-electron chi connectivity index (χ2n) is 8.18. The van der Waals surface area contributed by atoms with Gasteiger partial charge >= 0.3 is 0 Å². The maximum atomic E-state index is 12.7. The lowest BCUT2D eigenvalue weighted by Gasteiger charge is -2.31. The SMILES string of the molecule is CC(=O)N1c2ccc(S(=O)(=O)NCCC(=O)N(C)C3CCCCC3)cc2C[C@@H]1C. The van der Waals surface area contributed by atoms with Crippen LogP contribution in [0.3, 0.4) is 0 Å². The minimum absolute atomic E-state index is 0.0151. The van der Waals surface area contributed by atoms with Gasteiger partial charge in [0.05, 0.1) is 4.90 Å². The van der Waals surface area contributed by atoms with Gasteiger partial charge in [0, 0.05) is 44.7 Å². The van der Waals surface area contributed by atoms with Crippen molar-refractivity contribution < 1.29 is 18.0 Å². The molecule has 1 aliphatic carbocycles. The highest BCUT2D eigenvalue weighted by Crippen LogP contribution is 2.33. The Balaban J connectivity index is 1.60. The van der Waals surface area contributed by atoms with Gasteiger partial charge in [-0.15, -0.1) is 0 Å². The number of amides is 2. The van der Waals surface area contributed by atoms with Crippen molar-refractivity contribution in [3.63, 3.8) is 0 Å². The standard InChI is InChI=1S/C21H31N3O4S/c1-15-13-17-14-19(9-10-20(17)24(15)16(2)25)29(27,28)22-12-11-21(26)23(3)18-7-5-4-6-8-18/h9-10,14-15,18,22H,4-8,11-13H2,1-3H3/t15-/m0/s1. The van der Waals surface area contributed by atoms with Gasteiger partial charge < -0.3 is 9.80 Å². The number of hydrogen-bond acceptors (Lipinski definition) is 4. The third kappa shape index (κ3) is 4.80. The Morgan fingerprint density at radius 2 is 1.90 bits per heavy atom. The first-order chi connectivity index (χ1) is 13.7. The first-order valence-electron chi connectivity index (χ1n) is 10.4. The number of sulfonamides is 1. The van der Waals surface area contributed by atoms with E-state index in [1.807, 2.05) is 14.0 Å². The predicted molar refractivity (Wildman–Crippen MR) is 112 cm³/mol. The highest BCUT2D eigenvalue weighted by Gasteiger charge is 2.30. The topological polar surface area (TPSA) is 86.8 Å². The molecule has 1 aromatic rings. The zero-order valence-corrected chi connectivity index (χ0v) is 18.3. The van der Waals surface area contributed by atoms with Crippen LogP contribution >= 0.6 is 0 Å². The molecule has 0 bridgehead atoms. The van der Waals surface area contributed by atoms with E-state index >= 15 is 0 Å². The normalized spacial score (nSPS) is 19.8. The fourth-order valence-corrected chi connectivity index (χ4v) is 5.56. The summed E-state index contributed by atoms with van der Waals surface area (Å²) in [5, 5.41) is 0. The third-order valence-electron chi connectivity index (χ3n) is 6.06. The molecule has 3 rings (SSSR count). The number of fused-ring (bicyclic) bond motifs is 1. The summed E-state index contributed by atoms with van der Waals surface area (Å²) in [6.45, 7) is 3.53. The van der Waals surface area contributed by atoms with E-state index in [0.29, 0.717) is 6.42 Å². The van der Waals surface area contributed by atoms with Crippen LogP contribution in [-0.2, 0) is 26.0 Å². The molecule has 1 heterocycles. The molecule has 1 aromatic carbocycles. The molecule has 2 amide bonds. The van der Waals surface area contributed by atoms with Crippen LogP contribution < -0.4 is 9.62 Å². The van der Waals surface area contributed by atoms with Crippen LogP contribution in [-0.4, -0.2) is 50.8 Å². The monoisotopic (exact) mass is 421 g/mol. The second-order valence-corrected chi connectivity index (χ2v) is 9.94. The van der Waals surface area contributed by atoms with E-state index in [1.165, 1.54) is 19.4 Å². The Hall–Kier alpha value is -1.93. The van der Waals surface area contributed by atoms with Gasteiger partial charge in [0.15, 0.2) is 0 Å². The zero-order valence-electron chi connectivity index (χ0n) is 17.5. The first-order valence-corrected chi connectivity index (χ1v) is 11.9. The van der Waals surface area contributed by atoms with E-state index < -0.39 is 10.0 Å². The summed E-state index contributed by atoms with van der Waals surface area (Å²) in [5.74, 6) is -0.0786. The minimum Gasteiger partial charge on any atom is -0.343 e. The molecule has 2 aliphatic rings. The van der Waals surface area contributed by atoms with Crippen molar-refractivity contribution in [3.05, 3.63) is 23.8 Å². The molecule has 1 saturated carbocycles. The fourth-order valence-electron chi connectivity index (χ4n) is 4.48. The largest absolute Gasteiger partial charge is 0.343 e. The van der Waals surface area contributed by atoms with Gasteiger partial charge in [-0.1, -0.05) is 19.3 Å². The Labute approximate surface area is 173 Å². The molecule has 0 saturated heterocycles. The molecule has 1 N–H and O–H groups in total. The number of rotatable bonds is 6. The Kier molecular flexibility index (Phi) is 6.63. The average molecular weight is 422 g/mol. The summed E-state index contributed by atoms with van der Waals surface area (Å²) >= 11 is 0. The molecular weight excluding hydrogens is 390 g/mol. The van der Waals surface area contributed by atoms with Crippen LogP contribution in [0.2, 0.25) is 0 Å². The van der Waals surface area contributed by atoms with Crippen LogP contribution in [0.15, 0.2) is 23.1 Å². The molecule has 29 heavy (non-hydrogen) atoms. The number of nitrogens with zero attached hydrogens (tertiary/aromatic N) is 2. The summed E-state index contributed by atoms with van der Waals surface area (Å²) in [5.41, 5.74) is 1.62. The zero-order chi connectivity index (χ0) is 21.2. The smallest absolute Gasteiger partial charge is 0.240 e. The van der Waals surface area contributed by atoms with Crippen LogP contribution in [0, 0.1) is 0 Å². The van der Waals surface area contributed by atoms with Gasteiger partial charge in [-0.25, -0.2) is 13.1 Å². The van der Waals surface area contributed by atoms with E-state index in [9.17, 15) is 18.0 Å². The summed E-state index contributed by atoms with van der Waals surface area (Å²) in [7, 11) is -1.89. The van der Waals surface area contributed by atoms with Gasteiger partial charge in [0.2, 0.25) is 21.8 Å². The number of hydrogen-bond donors (Lipinski definition) is 1. The van der Waals surface area contributed by atoms with E-state index in [4.69, 9.17) is 0 Å². The van der Waals surface area contributed by atoms with E-state index in [-0.39, 0.29) is 41.8 Å². The average Bonchev–Trinajstić information content (AvgIpc) is 3.02. The molecule has 1 fully saturated rings. The molecule has 0 aromatic heterocycles. The number of nitrogens with one attached hydrogen (secondary N) is 1. The van der Waals surface area contributed by atoms with Gasteiger partial charge in [-0.05, 0) is 49.9 Å². The summed E-state index contributed by atoms with van der Waals surface area (Å²) in [6.07, 6.45) is 6.34. The second kappa shape index (κ2) is 8.83. The Morgan fingerprint density at radius 3 is 2.55 bits per heavy atom.